The van der Waals surface area contributed by atoms with Crippen molar-refractivity contribution < 1.29 is 0 Å². The van der Waals surface area contributed by atoms with Gasteiger partial charge in [-0.2, -0.15) is 13.8 Å². The third-order valence-electron chi connectivity index (χ3n) is 0. The van der Waals surface area contributed by atoms with Crippen LogP contribution in [0, 0.1) is 13.8 Å². The first-order chi connectivity index (χ1) is 2.00. The van der Waals surface area contributed by atoms with Gasteiger partial charge in [-0.05, 0) is 0 Å². The standard InChI is InChI=1S/2C2H5.ClH.Mg/c2*1-2;;/h2*1H2,2H3;1H;/q2*-1;;+2. The van der Waals surface area contributed by atoms with E-state index >= 15 is 0 Å². The quantitative estimate of drug-likeness (QED) is 0.336. The van der Waals surface area contributed by atoms with E-state index < -0.39 is 0 Å². The fourth-order valence-electron chi connectivity index (χ4n) is 0. The Kier molecular flexibility index (Phi) is 641. The van der Waals surface area contributed by atoms with Crippen LogP contribution in [-0.4, -0.2) is 23.1 Å². The molecule has 0 unspecified atom stereocenters. The average Bonchev–Trinajstić information content (AvgIpc) is 1.50. The number of hydrogen-bond acceptors (Lipinski definition) is 0. The van der Waals surface area contributed by atoms with Gasteiger partial charge in [0.05, 0.1) is 0 Å². The third kappa shape index (κ3) is 74.6. The van der Waals surface area contributed by atoms with Gasteiger partial charge < -0.3 is 13.8 Å². The summed E-state index contributed by atoms with van der Waals surface area (Å²) >= 11 is 0. The molecule has 0 fully saturated rings. The van der Waals surface area contributed by atoms with Crippen molar-refractivity contribution in [2.45, 2.75) is 13.8 Å². The number of hydrogen-bond donors (Lipinski definition) is 0. The van der Waals surface area contributed by atoms with Crippen LogP contribution in [0.15, 0.2) is 0 Å². The molecule has 36 valence electrons. The van der Waals surface area contributed by atoms with Gasteiger partial charge in [0.15, 0.2) is 0 Å². The SMILES string of the molecule is Cl.[CH2-]C.[CH2-]C.[Mg+2]. The summed E-state index contributed by atoms with van der Waals surface area (Å²) in [6.07, 6.45) is 0. The van der Waals surface area contributed by atoms with Gasteiger partial charge in [0.1, 0.15) is 0 Å². The summed E-state index contributed by atoms with van der Waals surface area (Å²) in [4.78, 5) is 0. The zero-order chi connectivity index (χ0) is 4.00. The van der Waals surface area contributed by atoms with E-state index in [9.17, 15) is 0 Å². The minimum absolute atomic E-state index is 0. The predicted molar refractivity (Wildman–Crippen MR) is 35.1 cm³/mol. The van der Waals surface area contributed by atoms with E-state index in [0.717, 1.165) is 0 Å². The van der Waals surface area contributed by atoms with Gasteiger partial charge >= 0.3 is 23.1 Å². The minimum atomic E-state index is 0. The molecular weight excluding hydrogens is 108 g/mol. The van der Waals surface area contributed by atoms with Crippen molar-refractivity contribution in [1.82, 2.24) is 0 Å². The fourth-order valence-corrected chi connectivity index (χ4v) is 0. The van der Waals surface area contributed by atoms with Crippen LogP contribution in [0.1, 0.15) is 13.8 Å². The third-order valence-corrected chi connectivity index (χ3v) is 0. The summed E-state index contributed by atoms with van der Waals surface area (Å²) in [6.45, 7) is 10.0. The van der Waals surface area contributed by atoms with Crippen LogP contribution < -0.4 is 0 Å². The summed E-state index contributed by atoms with van der Waals surface area (Å²) in [5.74, 6) is 0. The predicted octanol–water partition coefficient (Wildman–Crippen LogP) is 1.72. The Balaban J connectivity index is -0.00000000500. The summed E-state index contributed by atoms with van der Waals surface area (Å²) in [5, 5.41) is 0. The van der Waals surface area contributed by atoms with Crippen molar-refractivity contribution in [2.75, 3.05) is 0 Å². The van der Waals surface area contributed by atoms with Gasteiger partial charge in [0.25, 0.3) is 0 Å². The van der Waals surface area contributed by atoms with Crippen molar-refractivity contribution in [3.8, 4) is 0 Å². The summed E-state index contributed by atoms with van der Waals surface area (Å²) in [5.41, 5.74) is 0. The molecule has 2 heteroatoms. The molecule has 0 atom stereocenters. The normalized spacial score (nSPS) is 2.00. The number of halogens is 1. The largest absolute Gasteiger partial charge is 2.00 e. The molecule has 0 spiro atoms. The molecule has 0 aromatic heterocycles. The Labute approximate surface area is 63.3 Å². The molecule has 0 rings (SSSR count). The Bertz CT molecular complexity index is 7.51. The zero-order valence-corrected chi connectivity index (χ0v) is 6.76. The van der Waals surface area contributed by atoms with Crippen LogP contribution >= 0.6 is 12.4 Å². The Morgan fingerprint density at radius 1 is 0.833 bits per heavy atom. The van der Waals surface area contributed by atoms with E-state index in [0.29, 0.717) is 0 Å². The molecule has 0 saturated heterocycles. The van der Waals surface area contributed by atoms with E-state index in [1.807, 2.05) is 0 Å². The van der Waals surface area contributed by atoms with Crippen LogP contribution in [0.25, 0.3) is 0 Å². The molecule has 0 aliphatic rings. The van der Waals surface area contributed by atoms with Crippen LogP contribution in [0.2, 0.25) is 0 Å². The second-order valence-electron chi connectivity index (χ2n) is 0. The fraction of sp³-hybridized carbons (Fsp3) is 0.500. The first-order valence-electron chi connectivity index (χ1n) is 1.41. The van der Waals surface area contributed by atoms with Crippen molar-refractivity contribution in [2.24, 2.45) is 0 Å². The average molecular weight is 119 g/mol. The minimum Gasteiger partial charge on any atom is -0.346 e. The Hall–Kier alpha value is 1.06. The van der Waals surface area contributed by atoms with Gasteiger partial charge in [-0.25, -0.2) is 0 Å². The topological polar surface area (TPSA) is 0 Å². The van der Waals surface area contributed by atoms with Crippen molar-refractivity contribution in [3.05, 3.63) is 13.8 Å². The number of rotatable bonds is 0. The van der Waals surface area contributed by atoms with Crippen molar-refractivity contribution >= 4 is 35.5 Å². The van der Waals surface area contributed by atoms with Crippen molar-refractivity contribution in [1.29, 1.82) is 0 Å². The van der Waals surface area contributed by atoms with Crippen LogP contribution in [-0.2, 0) is 0 Å². The van der Waals surface area contributed by atoms with Gasteiger partial charge in [-0.1, -0.05) is 0 Å². The Morgan fingerprint density at radius 3 is 0.833 bits per heavy atom. The van der Waals surface area contributed by atoms with Crippen LogP contribution in [0.4, 0.5) is 0 Å². The van der Waals surface area contributed by atoms with Gasteiger partial charge in [0, 0.05) is 0 Å². The molecule has 0 aromatic carbocycles. The van der Waals surface area contributed by atoms with E-state index in [1.165, 1.54) is 0 Å². The molecule has 0 nitrogen and oxygen atoms in total. The van der Waals surface area contributed by atoms with Crippen LogP contribution in [0.3, 0.4) is 0 Å². The van der Waals surface area contributed by atoms with E-state index in [-0.39, 0.29) is 35.5 Å². The zero-order valence-electron chi connectivity index (χ0n) is 4.53. The van der Waals surface area contributed by atoms with E-state index in [4.69, 9.17) is 0 Å². The van der Waals surface area contributed by atoms with E-state index in [2.05, 4.69) is 13.8 Å². The molecule has 0 aliphatic heterocycles. The van der Waals surface area contributed by atoms with Gasteiger partial charge in [-0.15, -0.1) is 12.4 Å². The van der Waals surface area contributed by atoms with Gasteiger partial charge in [-0.3, -0.25) is 0 Å². The molecule has 0 heterocycles. The molecule has 0 bridgehead atoms. The summed E-state index contributed by atoms with van der Waals surface area (Å²) < 4.78 is 0. The maximum absolute atomic E-state index is 3.25. The molecular formula is C4H11ClMg. The second kappa shape index (κ2) is 139. The molecule has 0 radical (unpaired) electrons. The van der Waals surface area contributed by atoms with Gasteiger partial charge in [0.2, 0.25) is 0 Å². The van der Waals surface area contributed by atoms with Crippen molar-refractivity contribution in [3.63, 3.8) is 0 Å². The molecule has 0 N–H and O–H groups in total. The first-order valence-corrected chi connectivity index (χ1v) is 1.41. The summed E-state index contributed by atoms with van der Waals surface area (Å²) in [7, 11) is 0. The van der Waals surface area contributed by atoms with E-state index in [1.54, 1.807) is 13.8 Å². The first kappa shape index (κ1) is 27.7. The maximum atomic E-state index is 3.25. The second-order valence-corrected chi connectivity index (χ2v) is 0. The monoisotopic (exact) mass is 118 g/mol. The molecule has 0 aromatic rings. The maximum Gasteiger partial charge on any atom is 2.00 e. The smallest absolute Gasteiger partial charge is 0.346 e. The molecule has 0 saturated carbocycles. The Morgan fingerprint density at radius 2 is 0.833 bits per heavy atom. The summed E-state index contributed by atoms with van der Waals surface area (Å²) in [6, 6.07) is 0. The molecule has 6 heavy (non-hydrogen) atoms. The molecule has 0 aliphatic carbocycles. The van der Waals surface area contributed by atoms with Crippen LogP contribution in [0.5, 0.6) is 0 Å². The molecule has 0 amide bonds.